The molecule has 68 valence electrons. The minimum atomic E-state index is -1.41. The van der Waals surface area contributed by atoms with Crippen molar-refractivity contribution in [3.63, 3.8) is 0 Å². The normalized spacial score (nSPS) is 10.6. The van der Waals surface area contributed by atoms with Crippen LogP contribution in [0.2, 0.25) is 0 Å². The van der Waals surface area contributed by atoms with Crippen molar-refractivity contribution in [2.75, 3.05) is 0 Å². The van der Waals surface area contributed by atoms with Crippen molar-refractivity contribution >= 4 is 12.6 Å². The molecule has 0 spiro atoms. The molecule has 0 aromatic heterocycles. The predicted octanol–water partition coefficient (Wildman–Crippen LogP) is -0.0194. The highest BCUT2D eigenvalue weighted by atomic mass is 16.4. The molecule has 0 aliphatic carbocycles. The van der Waals surface area contributed by atoms with E-state index in [9.17, 15) is 0 Å². The highest BCUT2D eigenvalue weighted by Gasteiger charge is 2.08. The molecule has 1 aromatic carbocycles. The van der Waals surface area contributed by atoms with Crippen molar-refractivity contribution in [2.24, 2.45) is 0 Å². The van der Waals surface area contributed by atoms with Crippen LogP contribution >= 0.6 is 0 Å². The zero-order valence-electron chi connectivity index (χ0n) is 7.09. The van der Waals surface area contributed by atoms with Crippen LogP contribution in [0.4, 0.5) is 0 Å². The Labute approximate surface area is 77.1 Å². The highest BCUT2D eigenvalue weighted by Crippen LogP contribution is 1.99. The Morgan fingerprint density at radius 3 is 2.23 bits per heavy atom. The molecule has 4 heteroatoms. The SMILES string of the molecule is OC=CCc1ccc(B(O)O)cc1. The summed E-state index contributed by atoms with van der Waals surface area (Å²) in [5.74, 6) is 0. The van der Waals surface area contributed by atoms with E-state index < -0.39 is 7.12 Å². The summed E-state index contributed by atoms with van der Waals surface area (Å²) in [6.07, 6.45) is 3.25. The van der Waals surface area contributed by atoms with Crippen molar-refractivity contribution in [3.05, 3.63) is 42.2 Å². The number of aliphatic hydroxyl groups is 1. The van der Waals surface area contributed by atoms with E-state index in [1.807, 2.05) is 0 Å². The smallest absolute Gasteiger partial charge is 0.488 e. The lowest BCUT2D eigenvalue weighted by atomic mass is 9.80. The molecule has 1 aromatic rings. The fraction of sp³-hybridized carbons (Fsp3) is 0.111. The minimum absolute atomic E-state index is 0.469. The first-order chi connectivity index (χ1) is 6.24. The van der Waals surface area contributed by atoms with E-state index in [2.05, 4.69) is 0 Å². The Morgan fingerprint density at radius 2 is 1.77 bits per heavy atom. The van der Waals surface area contributed by atoms with Crippen LogP contribution in [-0.2, 0) is 6.42 Å². The van der Waals surface area contributed by atoms with Crippen molar-refractivity contribution in [1.82, 2.24) is 0 Å². The van der Waals surface area contributed by atoms with Crippen molar-refractivity contribution < 1.29 is 15.2 Å². The van der Waals surface area contributed by atoms with Gasteiger partial charge in [0.15, 0.2) is 0 Å². The van der Waals surface area contributed by atoms with E-state index in [0.717, 1.165) is 11.8 Å². The molecule has 0 fully saturated rings. The predicted molar refractivity (Wildman–Crippen MR) is 51.7 cm³/mol. The first-order valence-electron chi connectivity index (χ1n) is 3.98. The average molecular weight is 178 g/mol. The van der Waals surface area contributed by atoms with Gasteiger partial charge in [-0.25, -0.2) is 0 Å². The minimum Gasteiger partial charge on any atom is -0.516 e. The van der Waals surface area contributed by atoms with Gasteiger partial charge in [-0.3, -0.25) is 0 Å². The first kappa shape index (κ1) is 9.83. The van der Waals surface area contributed by atoms with Crippen molar-refractivity contribution in [1.29, 1.82) is 0 Å². The van der Waals surface area contributed by atoms with Gasteiger partial charge in [-0.15, -0.1) is 0 Å². The maximum atomic E-state index is 8.79. The van der Waals surface area contributed by atoms with Crippen LogP contribution in [0, 0.1) is 0 Å². The number of allylic oxidation sites excluding steroid dienone is 1. The molecule has 0 heterocycles. The summed E-state index contributed by atoms with van der Waals surface area (Å²) in [4.78, 5) is 0. The van der Waals surface area contributed by atoms with Gasteiger partial charge >= 0.3 is 7.12 Å². The Balaban J connectivity index is 2.69. The molecular formula is C9H11BO3. The number of hydrogen-bond acceptors (Lipinski definition) is 3. The van der Waals surface area contributed by atoms with Crippen LogP contribution in [0.3, 0.4) is 0 Å². The largest absolute Gasteiger partial charge is 0.516 e. The van der Waals surface area contributed by atoms with Gasteiger partial charge < -0.3 is 15.2 Å². The molecule has 3 N–H and O–H groups in total. The quantitative estimate of drug-likeness (QED) is 0.450. The van der Waals surface area contributed by atoms with Gasteiger partial charge in [-0.1, -0.05) is 24.3 Å². The summed E-state index contributed by atoms with van der Waals surface area (Å²) in [5.41, 5.74) is 1.48. The molecule has 13 heavy (non-hydrogen) atoms. The van der Waals surface area contributed by atoms with Gasteiger partial charge in [0.2, 0.25) is 0 Å². The van der Waals surface area contributed by atoms with Crippen LogP contribution in [0.1, 0.15) is 5.56 Å². The van der Waals surface area contributed by atoms with E-state index in [-0.39, 0.29) is 0 Å². The molecule has 0 saturated heterocycles. The second-order valence-electron chi connectivity index (χ2n) is 2.70. The lowest BCUT2D eigenvalue weighted by Crippen LogP contribution is -2.29. The second-order valence-corrected chi connectivity index (χ2v) is 2.70. The maximum Gasteiger partial charge on any atom is 0.488 e. The van der Waals surface area contributed by atoms with Crippen LogP contribution in [0.25, 0.3) is 0 Å². The average Bonchev–Trinajstić information content (AvgIpc) is 2.15. The summed E-state index contributed by atoms with van der Waals surface area (Å²) in [6, 6.07) is 6.86. The third-order valence-electron chi connectivity index (χ3n) is 1.74. The summed E-state index contributed by atoms with van der Waals surface area (Å²) < 4.78 is 0. The third-order valence-corrected chi connectivity index (χ3v) is 1.74. The van der Waals surface area contributed by atoms with Gasteiger partial charge in [0.05, 0.1) is 6.26 Å². The Hall–Kier alpha value is -1.26. The van der Waals surface area contributed by atoms with E-state index in [1.165, 1.54) is 0 Å². The molecule has 0 saturated carbocycles. The zero-order chi connectivity index (χ0) is 9.68. The molecular weight excluding hydrogens is 167 g/mol. The number of benzene rings is 1. The monoisotopic (exact) mass is 178 g/mol. The topological polar surface area (TPSA) is 60.7 Å². The first-order valence-corrected chi connectivity index (χ1v) is 3.98. The van der Waals surface area contributed by atoms with E-state index in [1.54, 1.807) is 30.3 Å². The van der Waals surface area contributed by atoms with Gasteiger partial charge in [-0.05, 0) is 23.5 Å². The fourth-order valence-electron chi connectivity index (χ4n) is 1.01. The molecule has 1 rings (SSSR count). The van der Waals surface area contributed by atoms with E-state index in [0.29, 0.717) is 11.9 Å². The van der Waals surface area contributed by atoms with Crippen LogP contribution in [-0.4, -0.2) is 22.3 Å². The lowest BCUT2D eigenvalue weighted by molar-refractivity contribution is 0.426. The summed E-state index contributed by atoms with van der Waals surface area (Å²) in [5, 5.41) is 26.0. The number of aliphatic hydroxyl groups excluding tert-OH is 1. The second kappa shape index (κ2) is 4.69. The van der Waals surface area contributed by atoms with Gasteiger partial charge in [0, 0.05) is 0 Å². The molecule has 0 bridgehead atoms. The molecule has 0 unspecified atom stereocenters. The Morgan fingerprint density at radius 1 is 1.15 bits per heavy atom. The Bertz CT molecular complexity index is 279. The van der Waals surface area contributed by atoms with Gasteiger partial charge in [-0.2, -0.15) is 0 Å². The number of hydrogen-bond donors (Lipinski definition) is 3. The Kier molecular flexibility index (Phi) is 3.55. The molecule has 0 radical (unpaired) electrons. The van der Waals surface area contributed by atoms with Gasteiger partial charge in [0.1, 0.15) is 0 Å². The van der Waals surface area contributed by atoms with Gasteiger partial charge in [0.25, 0.3) is 0 Å². The summed E-state index contributed by atoms with van der Waals surface area (Å²) in [6.45, 7) is 0. The number of rotatable bonds is 3. The highest BCUT2D eigenvalue weighted by molar-refractivity contribution is 6.58. The fourth-order valence-corrected chi connectivity index (χ4v) is 1.01. The molecule has 3 nitrogen and oxygen atoms in total. The summed E-state index contributed by atoms with van der Waals surface area (Å²) in [7, 11) is -1.41. The molecule has 0 aliphatic heterocycles. The molecule has 0 aliphatic rings. The molecule has 0 amide bonds. The zero-order valence-corrected chi connectivity index (χ0v) is 7.09. The maximum absolute atomic E-state index is 8.79. The van der Waals surface area contributed by atoms with Crippen LogP contribution in [0.15, 0.2) is 36.6 Å². The van der Waals surface area contributed by atoms with Crippen molar-refractivity contribution in [2.45, 2.75) is 6.42 Å². The van der Waals surface area contributed by atoms with E-state index >= 15 is 0 Å². The van der Waals surface area contributed by atoms with Crippen LogP contribution in [0.5, 0.6) is 0 Å². The van der Waals surface area contributed by atoms with E-state index in [4.69, 9.17) is 15.2 Å². The van der Waals surface area contributed by atoms with Crippen LogP contribution < -0.4 is 5.46 Å². The molecule has 0 atom stereocenters. The standard InChI is InChI=1S/C9H11BO3/c11-7-1-2-8-3-5-9(6-4-8)10(12)13/h1,3-7,11-13H,2H2. The third kappa shape index (κ3) is 2.93. The summed E-state index contributed by atoms with van der Waals surface area (Å²) >= 11 is 0. The van der Waals surface area contributed by atoms with Crippen molar-refractivity contribution in [3.8, 4) is 0 Å². The lowest BCUT2D eigenvalue weighted by Gasteiger charge is -2.00.